The molecule has 1 aromatic rings. The predicted octanol–water partition coefficient (Wildman–Crippen LogP) is 0.609. The Kier molecular flexibility index (Phi) is 4.49. The number of nitrogens with two attached hydrogens (primary N) is 1. The van der Waals surface area contributed by atoms with Crippen molar-refractivity contribution in [1.29, 1.82) is 0 Å². The lowest BCUT2D eigenvalue weighted by molar-refractivity contribution is -0.122. The van der Waals surface area contributed by atoms with E-state index in [2.05, 4.69) is 16.2 Å². The van der Waals surface area contributed by atoms with E-state index in [1.807, 2.05) is 19.1 Å². The molecule has 0 bridgehead atoms. The lowest BCUT2D eigenvalue weighted by atomic mass is 10.1. The van der Waals surface area contributed by atoms with E-state index in [0.29, 0.717) is 0 Å². The van der Waals surface area contributed by atoms with Crippen LogP contribution in [-0.2, 0) is 4.79 Å². The normalized spacial score (nSPS) is 13.6. The second-order valence-electron chi connectivity index (χ2n) is 3.53. The highest BCUT2D eigenvalue weighted by Gasteiger charge is 2.15. The van der Waals surface area contributed by atoms with Gasteiger partial charge < -0.3 is 11.1 Å². The largest absolute Gasteiger partial charge is 0.348 e. The summed E-state index contributed by atoms with van der Waals surface area (Å²) in [5.74, 6) is 2.12. The van der Waals surface area contributed by atoms with Gasteiger partial charge in [-0.2, -0.15) is 0 Å². The van der Waals surface area contributed by atoms with Crippen LogP contribution in [0.4, 0.5) is 0 Å². The highest BCUT2D eigenvalue weighted by molar-refractivity contribution is 5.82. The highest BCUT2D eigenvalue weighted by Crippen LogP contribution is 2.09. The van der Waals surface area contributed by atoms with E-state index in [9.17, 15) is 4.79 Å². The number of nitrogens with zero attached hydrogens (tertiary/aromatic N) is 1. The molecular formula is C12H15N3O. The molecule has 0 spiro atoms. The van der Waals surface area contributed by atoms with Crippen molar-refractivity contribution in [3.63, 3.8) is 0 Å². The second-order valence-corrected chi connectivity index (χ2v) is 3.53. The van der Waals surface area contributed by atoms with Gasteiger partial charge in [-0.1, -0.05) is 6.07 Å². The second kappa shape index (κ2) is 5.89. The minimum absolute atomic E-state index is 0.120. The lowest BCUT2D eigenvalue weighted by Gasteiger charge is -2.16. The number of carbonyl (C=O) groups is 1. The molecule has 1 heterocycles. The van der Waals surface area contributed by atoms with Crippen LogP contribution in [0.1, 0.15) is 24.9 Å². The van der Waals surface area contributed by atoms with Crippen LogP contribution < -0.4 is 11.1 Å². The smallest absolute Gasteiger partial charge is 0.238 e. The zero-order chi connectivity index (χ0) is 12.0. The number of hydrogen-bond donors (Lipinski definition) is 2. The Labute approximate surface area is 95.3 Å². The van der Waals surface area contributed by atoms with E-state index in [-0.39, 0.29) is 18.4 Å². The first-order valence-electron chi connectivity index (χ1n) is 5.04. The van der Waals surface area contributed by atoms with Crippen LogP contribution in [0, 0.1) is 12.3 Å². The SMILES string of the molecule is C#CCC(N)C(=O)NC(C)c1cccnc1. The highest BCUT2D eigenvalue weighted by atomic mass is 16.2. The molecule has 3 N–H and O–H groups in total. The van der Waals surface area contributed by atoms with Crippen molar-refractivity contribution in [2.24, 2.45) is 5.73 Å². The van der Waals surface area contributed by atoms with Gasteiger partial charge in [0.25, 0.3) is 0 Å². The zero-order valence-electron chi connectivity index (χ0n) is 9.18. The Morgan fingerprint density at radius 2 is 2.50 bits per heavy atom. The molecule has 4 heteroatoms. The van der Waals surface area contributed by atoms with Gasteiger partial charge in [0.05, 0.1) is 12.1 Å². The standard InChI is InChI=1S/C12H15N3O/c1-3-5-11(13)12(16)15-9(2)10-6-4-7-14-8-10/h1,4,6-9,11H,5,13H2,2H3,(H,15,16). The molecule has 2 unspecified atom stereocenters. The van der Waals surface area contributed by atoms with E-state index in [4.69, 9.17) is 12.2 Å². The van der Waals surface area contributed by atoms with E-state index >= 15 is 0 Å². The third-order valence-electron chi connectivity index (χ3n) is 2.22. The molecular weight excluding hydrogens is 202 g/mol. The fourth-order valence-corrected chi connectivity index (χ4v) is 1.26. The summed E-state index contributed by atoms with van der Waals surface area (Å²) >= 11 is 0. The average molecular weight is 217 g/mol. The van der Waals surface area contributed by atoms with Crippen LogP contribution in [0.25, 0.3) is 0 Å². The van der Waals surface area contributed by atoms with E-state index in [1.54, 1.807) is 12.4 Å². The van der Waals surface area contributed by atoms with Gasteiger partial charge in [0.1, 0.15) is 0 Å². The van der Waals surface area contributed by atoms with Crippen LogP contribution in [0.15, 0.2) is 24.5 Å². The van der Waals surface area contributed by atoms with E-state index in [0.717, 1.165) is 5.56 Å². The van der Waals surface area contributed by atoms with Gasteiger partial charge in [-0.25, -0.2) is 0 Å². The molecule has 0 radical (unpaired) electrons. The number of pyridine rings is 1. The van der Waals surface area contributed by atoms with Crippen molar-refractivity contribution < 1.29 is 4.79 Å². The summed E-state index contributed by atoms with van der Waals surface area (Å²) in [7, 11) is 0. The van der Waals surface area contributed by atoms with Gasteiger partial charge >= 0.3 is 0 Å². The number of carbonyl (C=O) groups excluding carboxylic acids is 1. The first-order valence-corrected chi connectivity index (χ1v) is 5.04. The summed E-state index contributed by atoms with van der Waals surface area (Å²) < 4.78 is 0. The third-order valence-corrected chi connectivity index (χ3v) is 2.22. The molecule has 0 fully saturated rings. The van der Waals surface area contributed by atoms with Crippen LogP contribution in [0.3, 0.4) is 0 Å². The summed E-state index contributed by atoms with van der Waals surface area (Å²) in [6.45, 7) is 1.87. The van der Waals surface area contributed by atoms with Gasteiger partial charge in [0.2, 0.25) is 5.91 Å². The van der Waals surface area contributed by atoms with Crippen LogP contribution in [0.2, 0.25) is 0 Å². The molecule has 0 aliphatic rings. The van der Waals surface area contributed by atoms with Gasteiger partial charge in [-0.05, 0) is 18.6 Å². The molecule has 0 aliphatic carbocycles. The van der Waals surface area contributed by atoms with Crippen molar-refractivity contribution in [3.8, 4) is 12.3 Å². The molecule has 1 amide bonds. The summed E-state index contributed by atoms with van der Waals surface area (Å²) in [4.78, 5) is 15.5. The summed E-state index contributed by atoms with van der Waals surface area (Å²) in [5.41, 5.74) is 6.52. The third kappa shape index (κ3) is 3.37. The number of terminal acetylenes is 1. The summed E-state index contributed by atoms with van der Waals surface area (Å²) in [6.07, 6.45) is 8.72. The molecule has 84 valence electrons. The Morgan fingerprint density at radius 1 is 1.75 bits per heavy atom. The van der Waals surface area contributed by atoms with Crippen molar-refractivity contribution in [2.45, 2.75) is 25.4 Å². The maximum Gasteiger partial charge on any atom is 0.238 e. The molecule has 1 rings (SSSR count). The van der Waals surface area contributed by atoms with Crippen molar-refractivity contribution >= 4 is 5.91 Å². The van der Waals surface area contributed by atoms with Crippen LogP contribution in [0.5, 0.6) is 0 Å². The summed E-state index contributed by atoms with van der Waals surface area (Å²) in [6, 6.07) is 2.94. The summed E-state index contributed by atoms with van der Waals surface area (Å²) in [5, 5.41) is 2.78. The number of rotatable bonds is 4. The van der Waals surface area contributed by atoms with E-state index < -0.39 is 6.04 Å². The zero-order valence-corrected chi connectivity index (χ0v) is 9.18. The minimum atomic E-state index is -0.649. The minimum Gasteiger partial charge on any atom is -0.348 e. The molecule has 2 atom stereocenters. The number of amides is 1. The molecule has 0 aliphatic heterocycles. The van der Waals surface area contributed by atoms with Crippen molar-refractivity contribution in [1.82, 2.24) is 10.3 Å². The first kappa shape index (κ1) is 12.2. The first-order chi connectivity index (χ1) is 7.65. The average Bonchev–Trinajstić information content (AvgIpc) is 2.30. The number of aromatic nitrogens is 1. The predicted molar refractivity (Wildman–Crippen MR) is 62.2 cm³/mol. The Bertz CT molecular complexity index is 383. The van der Waals surface area contributed by atoms with Crippen molar-refractivity contribution in [2.75, 3.05) is 0 Å². The maximum absolute atomic E-state index is 11.6. The van der Waals surface area contributed by atoms with Crippen molar-refractivity contribution in [3.05, 3.63) is 30.1 Å². The molecule has 0 aromatic carbocycles. The number of nitrogens with one attached hydrogen (secondary N) is 1. The van der Waals surface area contributed by atoms with E-state index in [1.165, 1.54) is 0 Å². The topological polar surface area (TPSA) is 68.0 Å². The quantitative estimate of drug-likeness (QED) is 0.726. The number of hydrogen-bond acceptors (Lipinski definition) is 3. The lowest BCUT2D eigenvalue weighted by Crippen LogP contribution is -2.41. The van der Waals surface area contributed by atoms with Crippen LogP contribution >= 0.6 is 0 Å². The van der Waals surface area contributed by atoms with Gasteiger partial charge in [-0.3, -0.25) is 9.78 Å². The Morgan fingerprint density at radius 3 is 3.06 bits per heavy atom. The fraction of sp³-hybridized carbons (Fsp3) is 0.333. The molecule has 16 heavy (non-hydrogen) atoms. The Hall–Kier alpha value is -1.86. The maximum atomic E-state index is 11.6. The fourth-order valence-electron chi connectivity index (χ4n) is 1.26. The van der Waals surface area contributed by atoms with Gasteiger partial charge in [0, 0.05) is 18.8 Å². The van der Waals surface area contributed by atoms with Gasteiger partial charge in [-0.15, -0.1) is 12.3 Å². The molecule has 0 saturated carbocycles. The van der Waals surface area contributed by atoms with Gasteiger partial charge in [0.15, 0.2) is 0 Å². The molecule has 0 saturated heterocycles. The van der Waals surface area contributed by atoms with Crippen LogP contribution in [-0.4, -0.2) is 16.9 Å². The molecule has 4 nitrogen and oxygen atoms in total. The molecule has 1 aromatic heterocycles. The monoisotopic (exact) mass is 217 g/mol. The Balaban J connectivity index is 2.56.